The zero-order valence-corrected chi connectivity index (χ0v) is 15.6. The van der Waals surface area contributed by atoms with Crippen LogP contribution >= 0.6 is 0 Å². The van der Waals surface area contributed by atoms with Crippen LogP contribution in [-0.2, 0) is 17.8 Å². The molecule has 0 atom stereocenters. The monoisotopic (exact) mass is 400 g/mol. The summed E-state index contributed by atoms with van der Waals surface area (Å²) in [6.07, 6.45) is 3.75. The molecule has 1 fully saturated rings. The first kappa shape index (κ1) is 19.2. The van der Waals surface area contributed by atoms with Crippen LogP contribution in [0.1, 0.15) is 30.7 Å². The van der Waals surface area contributed by atoms with Gasteiger partial charge in [-0.25, -0.2) is 18.2 Å². The Morgan fingerprint density at radius 1 is 1.07 bits per heavy atom. The average molecular weight is 400 g/mol. The summed E-state index contributed by atoms with van der Waals surface area (Å²) in [4.78, 5) is 18.6. The van der Waals surface area contributed by atoms with Crippen molar-refractivity contribution < 1.29 is 22.4 Å². The zero-order valence-electron chi connectivity index (χ0n) is 15.6. The number of rotatable bonds is 7. The number of carbonyl (C=O) groups is 1. The molecule has 1 aliphatic carbocycles. The minimum absolute atomic E-state index is 0.0375. The van der Waals surface area contributed by atoms with Crippen molar-refractivity contribution in [3.05, 3.63) is 77.6 Å². The van der Waals surface area contributed by atoms with Crippen molar-refractivity contribution >= 4 is 5.91 Å². The summed E-state index contributed by atoms with van der Waals surface area (Å²) < 4.78 is 45.6. The molecular formula is C22H19F3N2O2. The third-order valence-electron chi connectivity index (χ3n) is 4.88. The lowest BCUT2D eigenvalue weighted by molar-refractivity contribution is -0.132. The zero-order chi connectivity index (χ0) is 20.4. The number of nitrogens with zero attached hydrogens (tertiary/aromatic N) is 2. The Morgan fingerprint density at radius 2 is 1.79 bits per heavy atom. The fourth-order valence-corrected chi connectivity index (χ4v) is 3.19. The van der Waals surface area contributed by atoms with Gasteiger partial charge in [-0.2, -0.15) is 0 Å². The van der Waals surface area contributed by atoms with Gasteiger partial charge in [-0.15, -0.1) is 0 Å². The van der Waals surface area contributed by atoms with Crippen molar-refractivity contribution in [3.8, 4) is 11.3 Å². The van der Waals surface area contributed by atoms with Crippen LogP contribution in [-0.4, -0.2) is 21.8 Å². The van der Waals surface area contributed by atoms with Gasteiger partial charge in [0.2, 0.25) is 5.91 Å². The molecule has 4 rings (SSSR count). The minimum Gasteiger partial charge on any atom is -0.441 e. The van der Waals surface area contributed by atoms with Crippen molar-refractivity contribution in [2.24, 2.45) is 0 Å². The fraction of sp³-hybridized carbons (Fsp3) is 0.273. The highest BCUT2D eigenvalue weighted by Crippen LogP contribution is 2.30. The summed E-state index contributed by atoms with van der Waals surface area (Å²) in [5.41, 5.74) is 0.990. The van der Waals surface area contributed by atoms with Crippen LogP contribution in [0.2, 0.25) is 0 Å². The first-order valence-corrected chi connectivity index (χ1v) is 9.43. The fourth-order valence-electron chi connectivity index (χ4n) is 3.19. The van der Waals surface area contributed by atoms with Crippen molar-refractivity contribution in [2.45, 2.75) is 38.3 Å². The smallest absolute Gasteiger partial charge is 0.223 e. The van der Waals surface area contributed by atoms with Crippen LogP contribution in [0.15, 0.2) is 53.1 Å². The second-order valence-corrected chi connectivity index (χ2v) is 7.12. The van der Waals surface area contributed by atoms with Crippen LogP contribution in [0.3, 0.4) is 0 Å². The summed E-state index contributed by atoms with van der Waals surface area (Å²) in [6, 6.07) is 9.54. The van der Waals surface area contributed by atoms with Gasteiger partial charge in [0.25, 0.3) is 0 Å². The number of aryl methyl sites for hydroxylation is 1. The molecule has 150 valence electrons. The number of oxazole rings is 1. The molecule has 1 aromatic heterocycles. The van der Waals surface area contributed by atoms with Crippen molar-refractivity contribution in [3.63, 3.8) is 0 Å². The second kappa shape index (κ2) is 8.11. The number of hydrogen-bond acceptors (Lipinski definition) is 3. The van der Waals surface area contributed by atoms with Crippen molar-refractivity contribution in [2.75, 3.05) is 0 Å². The highest BCUT2D eigenvalue weighted by atomic mass is 19.1. The van der Waals surface area contributed by atoms with Gasteiger partial charge in [-0.1, -0.05) is 12.1 Å². The van der Waals surface area contributed by atoms with Crippen molar-refractivity contribution in [1.82, 2.24) is 9.88 Å². The van der Waals surface area contributed by atoms with E-state index in [0.29, 0.717) is 12.4 Å². The maximum Gasteiger partial charge on any atom is 0.223 e. The first-order chi connectivity index (χ1) is 14.0. The third-order valence-corrected chi connectivity index (χ3v) is 4.88. The largest absolute Gasteiger partial charge is 0.441 e. The summed E-state index contributed by atoms with van der Waals surface area (Å²) >= 11 is 0. The molecular weight excluding hydrogens is 381 g/mol. The molecule has 3 aromatic rings. The molecule has 1 heterocycles. The molecule has 0 radical (unpaired) electrons. The lowest BCUT2D eigenvalue weighted by Gasteiger charge is -2.22. The van der Waals surface area contributed by atoms with Crippen molar-refractivity contribution in [1.29, 1.82) is 0 Å². The molecule has 29 heavy (non-hydrogen) atoms. The summed E-state index contributed by atoms with van der Waals surface area (Å²) in [5.74, 6) is -1.24. The SMILES string of the molecule is O=C(CCc1ncc(-c2ccc(F)cc2F)o1)N(Cc1ccc(F)cc1)C1CC1. The van der Waals surface area contributed by atoms with Gasteiger partial charge >= 0.3 is 0 Å². The molecule has 0 unspecified atom stereocenters. The van der Waals surface area contributed by atoms with Crippen LogP contribution < -0.4 is 0 Å². The molecule has 0 bridgehead atoms. The highest BCUT2D eigenvalue weighted by Gasteiger charge is 2.32. The van der Waals surface area contributed by atoms with E-state index in [1.165, 1.54) is 24.4 Å². The van der Waals surface area contributed by atoms with E-state index >= 15 is 0 Å². The van der Waals surface area contributed by atoms with Crippen LogP contribution in [0.5, 0.6) is 0 Å². The quantitative estimate of drug-likeness (QED) is 0.568. The predicted octanol–water partition coefficient (Wildman–Crippen LogP) is 4.88. The lowest BCUT2D eigenvalue weighted by Crippen LogP contribution is -2.32. The third kappa shape index (κ3) is 4.67. The number of amides is 1. The van der Waals surface area contributed by atoms with E-state index in [4.69, 9.17) is 4.42 Å². The van der Waals surface area contributed by atoms with Gasteiger partial charge < -0.3 is 9.32 Å². The first-order valence-electron chi connectivity index (χ1n) is 9.43. The topological polar surface area (TPSA) is 46.3 Å². The van der Waals surface area contributed by atoms with Crippen LogP contribution in [0, 0.1) is 17.5 Å². The summed E-state index contributed by atoms with van der Waals surface area (Å²) in [7, 11) is 0. The van der Waals surface area contributed by atoms with E-state index in [2.05, 4.69) is 4.98 Å². The maximum absolute atomic E-state index is 13.9. The predicted molar refractivity (Wildman–Crippen MR) is 100 cm³/mol. The van der Waals surface area contributed by atoms with Gasteiger partial charge in [-0.3, -0.25) is 4.79 Å². The Labute approximate surface area is 166 Å². The van der Waals surface area contributed by atoms with Crippen LogP contribution in [0.25, 0.3) is 11.3 Å². The van der Waals surface area contributed by atoms with E-state index in [-0.39, 0.29) is 41.9 Å². The van der Waals surface area contributed by atoms with E-state index in [1.807, 2.05) is 0 Å². The molecule has 0 spiro atoms. The average Bonchev–Trinajstić information content (AvgIpc) is 3.43. The standard InChI is InChI=1S/C22H19F3N2O2/c23-15-3-1-14(2-4-15)13-27(17-6-7-17)22(28)10-9-21-26-12-20(29-21)18-8-5-16(24)11-19(18)25/h1-5,8,11-12,17H,6-7,9-10,13H2. The summed E-state index contributed by atoms with van der Waals surface area (Å²) in [5, 5.41) is 0. The van der Waals surface area contributed by atoms with Crippen LogP contribution in [0.4, 0.5) is 13.2 Å². The molecule has 1 saturated carbocycles. The van der Waals surface area contributed by atoms with Gasteiger partial charge in [0.15, 0.2) is 11.7 Å². The Kier molecular flexibility index (Phi) is 5.38. The highest BCUT2D eigenvalue weighted by molar-refractivity contribution is 5.77. The number of benzene rings is 2. The number of hydrogen-bond donors (Lipinski definition) is 0. The number of halogens is 3. The van der Waals surface area contributed by atoms with Gasteiger partial charge in [0, 0.05) is 31.5 Å². The van der Waals surface area contributed by atoms with Gasteiger partial charge in [0.05, 0.1) is 11.8 Å². The maximum atomic E-state index is 13.9. The second-order valence-electron chi connectivity index (χ2n) is 7.12. The van der Waals surface area contributed by atoms with E-state index in [1.54, 1.807) is 17.0 Å². The van der Waals surface area contributed by atoms with Gasteiger partial charge in [-0.05, 0) is 42.7 Å². The molecule has 1 amide bonds. The Balaban J connectivity index is 1.39. The normalized spacial score (nSPS) is 13.5. The number of aromatic nitrogens is 1. The molecule has 1 aliphatic rings. The lowest BCUT2D eigenvalue weighted by atomic mass is 10.2. The molecule has 0 saturated heterocycles. The molecule has 2 aromatic carbocycles. The number of carbonyl (C=O) groups excluding carboxylic acids is 1. The Morgan fingerprint density at radius 3 is 2.48 bits per heavy atom. The Bertz CT molecular complexity index is 1010. The molecule has 0 N–H and O–H groups in total. The Hall–Kier alpha value is -3.09. The molecule has 7 heteroatoms. The summed E-state index contributed by atoms with van der Waals surface area (Å²) in [6.45, 7) is 0.432. The molecule has 4 nitrogen and oxygen atoms in total. The van der Waals surface area contributed by atoms with E-state index in [0.717, 1.165) is 30.5 Å². The minimum atomic E-state index is -0.733. The van der Waals surface area contributed by atoms with E-state index in [9.17, 15) is 18.0 Å². The van der Waals surface area contributed by atoms with E-state index < -0.39 is 11.6 Å². The molecule has 0 aliphatic heterocycles. The van der Waals surface area contributed by atoms with Gasteiger partial charge in [0.1, 0.15) is 17.5 Å².